The van der Waals surface area contributed by atoms with Gasteiger partial charge < -0.3 is 9.80 Å². The number of carbonyl (C=O) groups excluding carboxylic acids is 1. The summed E-state index contributed by atoms with van der Waals surface area (Å²) in [4.78, 5) is 24.6. The number of likely N-dealkylation sites (tertiary alicyclic amines) is 1. The van der Waals surface area contributed by atoms with Gasteiger partial charge in [-0.05, 0) is 25.7 Å². The Morgan fingerprint density at radius 3 is 2.52 bits per heavy atom. The van der Waals surface area contributed by atoms with Gasteiger partial charge in [0.15, 0.2) is 9.84 Å². The van der Waals surface area contributed by atoms with Crippen LogP contribution in [-0.4, -0.2) is 66.9 Å². The highest BCUT2D eigenvalue weighted by molar-refractivity contribution is 7.91. The van der Waals surface area contributed by atoms with E-state index in [9.17, 15) is 13.2 Å². The molecule has 3 rings (SSSR count). The molecule has 1 aromatic heterocycles. The third-order valence-corrected chi connectivity index (χ3v) is 6.37. The Labute approximate surface area is 136 Å². The number of nitrogens with zero attached hydrogens (tertiary/aromatic N) is 4. The second kappa shape index (κ2) is 6.43. The van der Waals surface area contributed by atoms with E-state index in [0.717, 1.165) is 25.9 Å². The molecule has 2 aliphatic rings. The third kappa shape index (κ3) is 3.63. The molecule has 1 aromatic rings. The van der Waals surface area contributed by atoms with Crippen LogP contribution < -0.4 is 4.90 Å². The molecule has 2 aliphatic heterocycles. The first-order valence-electron chi connectivity index (χ1n) is 8.01. The van der Waals surface area contributed by atoms with E-state index in [1.165, 1.54) is 12.6 Å². The number of aromatic nitrogens is 2. The van der Waals surface area contributed by atoms with Crippen LogP contribution in [0.1, 0.15) is 36.2 Å². The molecule has 2 fully saturated rings. The van der Waals surface area contributed by atoms with Gasteiger partial charge in [0, 0.05) is 26.2 Å². The molecule has 3 heterocycles. The van der Waals surface area contributed by atoms with Gasteiger partial charge in [-0.3, -0.25) is 4.79 Å². The van der Waals surface area contributed by atoms with Crippen molar-refractivity contribution in [1.29, 1.82) is 0 Å². The minimum absolute atomic E-state index is 0.0713. The normalized spacial score (nSPS) is 23.7. The minimum Gasteiger partial charge on any atom is -0.354 e. The fourth-order valence-corrected chi connectivity index (χ4v) is 4.92. The number of hydrogen-bond donors (Lipinski definition) is 0. The summed E-state index contributed by atoms with van der Waals surface area (Å²) in [5.41, 5.74) is 0.350. The lowest BCUT2D eigenvalue weighted by Crippen LogP contribution is -2.36. The molecule has 23 heavy (non-hydrogen) atoms. The first-order valence-corrected chi connectivity index (χ1v) is 9.83. The highest BCUT2D eigenvalue weighted by atomic mass is 32.2. The summed E-state index contributed by atoms with van der Waals surface area (Å²) < 4.78 is 23.2. The maximum atomic E-state index is 12.4. The monoisotopic (exact) mass is 338 g/mol. The van der Waals surface area contributed by atoms with Gasteiger partial charge in [0.2, 0.25) is 0 Å². The van der Waals surface area contributed by atoms with Gasteiger partial charge in [0.25, 0.3) is 5.91 Å². The van der Waals surface area contributed by atoms with E-state index in [0.29, 0.717) is 17.9 Å². The highest BCUT2D eigenvalue weighted by Crippen LogP contribution is 2.21. The fourth-order valence-electron chi connectivity index (χ4n) is 3.14. The van der Waals surface area contributed by atoms with Crippen LogP contribution in [0.2, 0.25) is 0 Å². The Balaban J connectivity index is 1.68. The van der Waals surface area contributed by atoms with Crippen molar-refractivity contribution in [2.75, 3.05) is 36.5 Å². The maximum Gasteiger partial charge on any atom is 0.274 e. The topological polar surface area (TPSA) is 83.5 Å². The van der Waals surface area contributed by atoms with E-state index in [-0.39, 0.29) is 23.5 Å². The van der Waals surface area contributed by atoms with Crippen LogP contribution in [-0.2, 0) is 9.84 Å². The summed E-state index contributed by atoms with van der Waals surface area (Å²) in [5.74, 6) is 0.901. The van der Waals surface area contributed by atoms with Crippen molar-refractivity contribution >= 4 is 21.6 Å². The molecule has 0 radical (unpaired) electrons. The summed E-state index contributed by atoms with van der Waals surface area (Å²) in [5, 5.41) is 0. The molecule has 1 amide bonds. The summed E-state index contributed by atoms with van der Waals surface area (Å²) in [6.07, 6.45) is 6.90. The zero-order valence-electron chi connectivity index (χ0n) is 13.3. The molecule has 1 atom stereocenters. The molecule has 8 heteroatoms. The summed E-state index contributed by atoms with van der Waals surface area (Å²) in [6, 6.07) is -0.0713. The van der Waals surface area contributed by atoms with Crippen LogP contribution in [0.25, 0.3) is 0 Å². The Morgan fingerprint density at radius 1 is 1.22 bits per heavy atom. The number of piperidine rings is 1. The number of sulfone groups is 1. The van der Waals surface area contributed by atoms with Gasteiger partial charge in [-0.15, -0.1) is 0 Å². The lowest BCUT2D eigenvalue weighted by molar-refractivity contribution is 0.0718. The lowest BCUT2D eigenvalue weighted by atomic mass is 10.1. The molecule has 126 valence electrons. The number of anilines is 1. The van der Waals surface area contributed by atoms with Crippen molar-refractivity contribution in [1.82, 2.24) is 14.9 Å². The largest absolute Gasteiger partial charge is 0.354 e. The molecule has 0 aromatic carbocycles. The van der Waals surface area contributed by atoms with Gasteiger partial charge in [0.05, 0.1) is 23.9 Å². The Hall–Kier alpha value is -1.70. The Bertz CT molecular complexity index is 668. The Kier molecular flexibility index (Phi) is 4.52. The van der Waals surface area contributed by atoms with Crippen molar-refractivity contribution in [2.24, 2.45) is 0 Å². The zero-order valence-corrected chi connectivity index (χ0v) is 14.1. The fraction of sp³-hybridized carbons (Fsp3) is 0.667. The molecular weight excluding hydrogens is 316 g/mol. The molecule has 0 saturated carbocycles. The summed E-state index contributed by atoms with van der Waals surface area (Å²) in [7, 11) is -1.11. The number of carbonyl (C=O) groups is 1. The summed E-state index contributed by atoms with van der Waals surface area (Å²) >= 11 is 0. The van der Waals surface area contributed by atoms with Crippen molar-refractivity contribution in [3.8, 4) is 0 Å². The van der Waals surface area contributed by atoms with E-state index >= 15 is 0 Å². The molecule has 0 bridgehead atoms. The number of amides is 1. The highest BCUT2D eigenvalue weighted by Gasteiger charge is 2.31. The van der Waals surface area contributed by atoms with Gasteiger partial charge in [0.1, 0.15) is 11.5 Å². The van der Waals surface area contributed by atoms with Crippen molar-refractivity contribution < 1.29 is 13.2 Å². The average Bonchev–Trinajstić information content (AvgIpc) is 2.94. The van der Waals surface area contributed by atoms with Crippen LogP contribution in [0, 0.1) is 0 Å². The van der Waals surface area contributed by atoms with Crippen LogP contribution >= 0.6 is 0 Å². The van der Waals surface area contributed by atoms with E-state index < -0.39 is 9.84 Å². The van der Waals surface area contributed by atoms with Crippen molar-refractivity contribution in [2.45, 2.75) is 31.7 Å². The second-order valence-corrected chi connectivity index (χ2v) is 8.51. The van der Waals surface area contributed by atoms with Gasteiger partial charge in [-0.1, -0.05) is 0 Å². The van der Waals surface area contributed by atoms with Crippen LogP contribution in [0.4, 0.5) is 5.82 Å². The van der Waals surface area contributed by atoms with E-state index in [4.69, 9.17) is 0 Å². The van der Waals surface area contributed by atoms with E-state index in [1.54, 1.807) is 6.20 Å². The van der Waals surface area contributed by atoms with Crippen LogP contribution in [0.5, 0.6) is 0 Å². The van der Waals surface area contributed by atoms with Gasteiger partial charge in [-0.2, -0.15) is 0 Å². The van der Waals surface area contributed by atoms with Gasteiger partial charge in [-0.25, -0.2) is 18.4 Å². The first-order chi connectivity index (χ1) is 11.0. The number of hydrogen-bond acceptors (Lipinski definition) is 6. The molecule has 0 spiro atoms. The lowest BCUT2D eigenvalue weighted by Gasteiger charge is -2.27. The standard InChI is InChI=1S/C15H22N4O3S/c1-18(12-5-8-23(21,22)11-12)14-10-16-13(9-17-14)15(20)19-6-3-2-4-7-19/h9-10,12H,2-8,11H2,1H3. The third-order valence-electron chi connectivity index (χ3n) is 4.62. The molecule has 2 saturated heterocycles. The predicted octanol–water partition coefficient (Wildman–Crippen LogP) is 0.726. The SMILES string of the molecule is CN(c1cnc(C(=O)N2CCCCC2)cn1)C1CCS(=O)(=O)C1. The van der Waals surface area contributed by atoms with Gasteiger partial charge >= 0.3 is 0 Å². The molecule has 1 unspecified atom stereocenters. The Morgan fingerprint density at radius 2 is 1.96 bits per heavy atom. The minimum atomic E-state index is -2.94. The second-order valence-electron chi connectivity index (χ2n) is 6.28. The predicted molar refractivity (Wildman–Crippen MR) is 87.2 cm³/mol. The first kappa shape index (κ1) is 16.2. The zero-order chi connectivity index (χ0) is 16.4. The molecule has 7 nitrogen and oxygen atoms in total. The van der Waals surface area contributed by atoms with Crippen molar-refractivity contribution in [3.05, 3.63) is 18.1 Å². The maximum absolute atomic E-state index is 12.4. The molecule has 0 aliphatic carbocycles. The molecular formula is C15H22N4O3S. The smallest absolute Gasteiger partial charge is 0.274 e. The molecule has 0 N–H and O–H groups in total. The van der Waals surface area contributed by atoms with Crippen molar-refractivity contribution in [3.63, 3.8) is 0 Å². The van der Waals surface area contributed by atoms with Crippen LogP contribution in [0.3, 0.4) is 0 Å². The van der Waals surface area contributed by atoms with Crippen LogP contribution in [0.15, 0.2) is 12.4 Å². The van der Waals surface area contributed by atoms with E-state index in [2.05, 4.69) is 9.97 Å². The summed E-state index contributed by atoms with van der Waals surface area (Å²) in [6.45, 7) is 1.56. The quantitative estimate of drug-likeness (QED) is 0.808. The van der Waals surface area contributed by atoms with E-state index in [1.807, 2.05) is 16.8 Å². The average molecular weight is 338 g/mol. The number of rotatable bonds is 3.